The minimum Gasteiger partial charge on any atom is -0.389 e. The first-order chi connectivity index (χ1) is 8.38. The summed E-state index contributed by atoms with van der Waals surface area (Å²) in [6.45, 7) is 3.85. The molecule has 0 amide bonds. The molecule has 0 aliphatic carbocycles. The number of hydrogen-bond donors (Lipinski definition) is 1. The van der Waals surface area contributed by atoms with Crippen LogP contribution in [0.4, 0.5) is 4.39 Å². The van der Waals surface area contributed by atoms with E-state index in [1.54, 1.807) is 6.07 Å². The van der Waals surface area contributed by atoms with Crippen LogP contribution in [0.15, 0.2) is 18.2 Å². The van der Waals surface area contributed by atoms with E-state index in [0.717, 1.165) is 0 Å². The number of benzene rings is 1. The van der Waals surface area contributed by atoms with Gasteiger partial charge in [-0.25, -0.2) is 4.39 Å². The fraction of sp³-hybridized carbons (Fsp3) is 0.571. The summed E-state index contributed by atoms with van der Waals surface area (Å²) in [5, 5.41) is 11.1. The number of aliphatic hydroxyl groups is 1. The Hall–Kier alpha value is -0.640. The van der Waals surface area contributed by atoms with E-state index in [4.69, 9.17) is 16.3 Å². The topological polar surface area (TPSA) is 29.5 Å². The maximum absolute atomic E-state index is 13.7. The van der Waals surface area contributed by atoms with Crippen LogP contribution in [0.2, 0.25) is 5.02 Å². The maximum Gasteiger partial charge on any atom is 0.126 e. The van der Waals surface area contributed by atoms with Crippen molar-refractivity contribution in [3.8, 4) is 0 Å². The van der Waals surface area contributed by atoms with Gasteiger partial charge in [0.05, 0.1) is 17.8 Å². The Labute approximate surface area is 112 Å². The second-order valence-corrected chi connectivity index (χ2v) is 5.74. The molecule has 1 fully saturated rings. The molecule has 0 spiro atoms. The van der Waals surface area contributed by atoms with E-state index in [1.807, 2.05) is 13.8 Å². The second kappa shape index (κ2) is 5.16. The van der Waals surface area contributed by atoms with E-state index < -0.39 is 5.60 Å². The lowest BCUT2D eigenvalue weighted by Crippen LogP contribution is -2.45. The van der Waals surface area contributed by atoms with Crippen molar-refractivity contribution in [3.05, 3.63) is 34.6 Å². The van der Waals surface area contributed by atoms with Crippen molar-refractivity contribution in [2.24, 2.45) is 0 Å². The van der Waals surface area contributed by atoms with Crippen molar-refractivity contribution < 1.29 is 14.2 Å². The zero-order valence-electron chi connectivity index (χ0n) is 10.6. The highest BCUT2D eigenvalue weighted by Crippen LogP contribution is 2.32. The zero-order chi connectivity index (χ0) is 13.3. The summed E-state index contributed by atoms with van der Waals surface area (Å²) in [5.41, 5.74) is -0.450. The van der Waals surface area contributed by atoms with Crippen LogP contribution in [0.25, 0.3) is 0 Å². The molecule has 0 saturated carbocycles. The molecule has 18 heavy (non-hydrogen) atoms. The monoisotopic (exact) mass is 272 g/mol. The van der Waals surface area contributed by atoms with Gasteiger partial charge in [0.25, 0.3) is 0 Å². The van der Waals surface area contributed by atoms with Crippen LogP contribution in [0.3, 0.4) is 0 Å². The van der Waals surface area contributed by atoms with E-state index in [2.05, 4.69) is 0 Å². The molecule has 1 N–H and O–H groups in total. The largest absolute Gasteiger partial charge is 0.389 e. The van der Waals surface area contributed by atoms with Crippen molar-refractivity contribution in [3.63, 3.8) is 0 Å². The van der Waals surface area contributed by atoms with Gasteiger partial charge in [-0.2, -0.15) is 0 Å². The molecule has 4 heteroatoms. The molecular formula is C14H18ClFO2. The second-order valence-electron chi connectivity index (χ2n) is 5.30. The molecule has 1 saturated heterocycles. The molecule has 2 atom stereocenters. The third-order valence-electron chi connectivity index (χ3n) is 3.33. The number of rotatable bonds is 2. The van der Waals surface area contributed by atoms with E-state index in [0.29, 0.717) is 23.4 Å². The number of halogens is 2. The van der Waals surface area contributed by atoms with Gasteiger partial charge in [0, 0.05) is 24.3 Å². The van der Waals surface area contributed by atoms with E-state index in [9.17, 15) is 9.50 Å². The van der Waals surface area contributed by atoms with Gasteiger partial charge >= 0.3 is 0 Å². The minimum absolute atomic E-state index is 0.0130. The van der Waals surface area contributed by atoms with Crippen LogP contribution in [-0.2, 0) is 11.2 Å². The van der Waals surface area contributed by atoms with Crippen molar-refractivity contribution in [2.45, 2.75) is 50.9 Å². The average Bonchev–Trinajstić information content (AvgIpc) is 2.21. The van der Waals surface area contributed by atoms with Gasteiger partial charge in [-0.3, -0.25) is 0 Å². The highest BCUT2D eigenvalue weighted by molar-refractivity contribution is 6.30. The van der Waals surface area contributed by atoms with Gasteiger partial charge in [0.1, 0.15) is 5.82 Å². The summed E-state index contributed by atoms with van der Waals surface area (Å²) >= 11 is 5.86. The smallest absolute Gasteiger partial charge is 0.126 e. The zero-order valence-corrected chi connectivity index (χ0v) is 11.4. The maximum atomic E-state index is 13.7. The highest BCUT2D eigenvalue weighted by atomic mass is 35.5. The van der Waals surface area contributed by atoms with Crippen LogP contribution in [-0.4, -0.2) is 22.9 Å². The highest BCUT2D eigenvalue weighted by Gasteiger charge is 2.37. The molecule has 0 bridgehead atoms. The predicted molar refractivity (Wildman–Crippen MR) is 69.3 cm³/mol. The van der Waals surface area contributed by atoms with Gasteiger partial charge in [0.15, 0.2) is 0 Å². The fourth-order valence-electron chi connectivity index (χ4n) is 2.82. The van der Waals surface area contributed by atoms with Crippen LogP contribution in [0.1, 0.15) is 32.3 Å². The number of ether oxygens (including phenoxy) is 1. The normalized spacial score (nSPS) is 32.5. The first kappa shape index (κ1) is 13.8. The van der Waals surface area contributed by atoms with Gasteiger partial charge in [-0.15, -0.1) is 0 Å². The van der Waals surface area contributed by atoms with Crippen LogP contribution >= 0.6 is 11.6 Å². The summed E-state index contributed by atoms with van der Waals surface area (Å²) in [4.78, 5) is 0. The Morgan fingerprint density at radius 3 is 2.61 bits per heavy atom. The standard InChI is InChI=1S/C14H18ClFO2/c1-9-6-14(17,7-10(2)18-9)8-11-5-12(15)3-4-13(11)16/h3-5,9-10,17H,6-8H2,1-2H3. The average molecular weight is 273 g/mol. The van der Waals surface area contributed by atoms with Crippen LogP contribution < -0.4 is 0 Å². The summed E-state index contributed by atoms with van der Waals surface area (Å²) in [6, 6.07) is 4.44. The van der Waals surface area contributed by atoms with E-state index in [1.165, 1.54) is 12.1 Å². The minimum atomic E-state index is -0.914. The molecule has 1 aromatic rings. The fourth-order valence-corrected chi connectivity index (χ4v) is 3.02. The third-order valence-corrected chi connectivity index (χ3v) is 3.56. The SMILES string of the molecule is CC1CC(O)(Cc2cc(Cl)ccc2F)CC(C)O1. The Balaban J connectivity index is 2.18. The molecule has 100 valence electrons. The van der Waals surface area contributed by atoms with Gasteiger partial charge in [-0.05, 0) is 37.6 Å². The quantitative estimate of drug-likeness (QED) is 0.895. The van der Waals surface area contributed by atoms with Crippen LogP contribution in [0, 0.1) is 5.82 Å². The first-order valence-corrected chi connectivity index (χ1v) is 6.57. The Kier molecular flexibility index (Phi) is 3.95. The Bertz CT molecular complexity index is 426. The van der Waals surface area contributed by atoms with Crippen molar-refractivity contribution >= 4 is 11.6 Å². The molecule has 0 aromatic heterocycles. The molecule has 1 aliphatic heterocycles. The van der Waals surface area contributed by atoms with E-state index >= 15 is 0 Å². The number of hydrogen-bond acceptors (Lipinski definition) is 2. The lowest BCUT2D eigenvalue weighted by Gasteiger charge is -2.39. The molecule has 2 nitrogen and oxygen atoms in total. The molecule has 1 aromatic carbocycles. The molecule has 1 heterocycles. The third kappa shape index (κ3) is 3.22. The summed E-state index contributed by atoms with van der Waals surface area (Å²) in [7, 11) is 0. The summed E-state index contributed by atoms with van der Waals surface area (Å²) < 4.78 is 19.3. The summed E-state index contributed by atoms with van der Waals surface area (Å²) in [5.74, 6) is -0.320. The Morgan fingerprint density at radius 2 is 2.00 bits per heavy atom. The van der Waals surface area contributed by atoms with Crippen molar-refractivity contribution in [1.29, 1.82) is 0 Å². The lowest BCUT2D eigenvalue weighted by molar-refractivity contribution is -0.131. The first-order valence-electron chi connectivity index (χ1n) is 6.20. The molecule has 2 rings (SSSR count). The summed E-state index contributed by atoms with van der Waals surface area (Å²) in [6.07, 6.45) is 1.28. The Morgan fingerprint density at radius 1 is 1.39 bits per heavy atom. The van der Waals surface area contributed by atoms with Gasteiger partial charge in [0.2, 0.25) is 0 Å². The van der Waals surface area contributed by atoms with Crippen molar-refractivity contribution in [1.82, 2.24) is 0 Å². The van der Waals surface area contributed by atoms with Gasteiger partial charge in [-0.1, -0.05) is 11.6 Å². The van der Waals surface area contributed by atoms with Gasteiger partial charge < -0.3 is 9.84 Å². The molecule has 0 radical (unpaired) electrons. The lowest BCUT2D eigenvalue weighted by atomic mass is 9.82. The molecular weight excluding hydrogens is 255 g/mol. The van der Waals surface area contributed by atoms with E-state index in [-0.39, 0.29) is 24.4 Å². The van der Waals surface area contributed by atoms with Crippen LogP contribution in [0.5, 0.6) is 0 Å². The molecule has 1 aliphatic rings. The van der Waals surface area contributed by atoms with Crippen molar-refractivity contribution in [2.75, 3.05) is 0 Å². The molecule has 2 unspecified atom stereocenters. The predicted octanol–water partition coefficient (Wildman–Crippen LogP) is 3.34.